The summed E-state index contributed by atoms with van der Waals surface area (Å²) in [4.78, 5) is 10.3. The zero-order valence-electron chi connectivity index (χ0n) is 7.74. The normalized spacial score (nSPS) is 8.46. The van der Waals surface area contributed by atoms with E-state index in [1.54, 1.807) is 12.1 Å². The Kier molecular flexibility index (Phi) is 5.30. The minimum atomic E-state index is -0.931. The highest BCUT2D eigenvalue weighted by atomic mass is 16.4. The molecule has 4 nitrogen and oxygen atoms in total. The second-order valence-corrected chi connectivity index (χ2v) is 2.43. The number of hydrogen-bond donors (Lipinski definition) is 3. The quantitative estimate of drug-likeness (QED) is 0.561. The predicted octanol–water partition coefficient (Wildman–Crippen LogP) is 0.803. The van der Waals surface area contributed by atoms with Crippen molar-refractivity contribution in [3.8, 4) is 0 Å². The number of rotatable bonds is 1. The Labute approximate surface area is 77.4 Å². The SMILES string of the molecule is CNC.Nc1ccc(C(=O)O)cc1. The van der Waals surface area contributed by atoms with E-state index in [2.05, 4.69) is 5.32 Å². The average molecular weight is 182 g/mol. The van der Waals surface area contributed by atoms with Gasteiger partial charge >= 0.3 is 5.97 Å². The van der Waals surface area contributed by atoms with E-state index in [0.29, 0.717) is 5.69 Å². The zero-order chi connectivity index (χ0) is 10.3. The van der Waals surface area contributed by atoms with Gasteiger partial charge in [-0.25, -0.2) is 4.79 Å². The molecule has 0 saturated carbocycles. The zero-order valence-corrected chi connectivity index (χ0v) is 7.74. The van der Waals surface area contributed by atoms with E-state index < -0.39 is 5.97 Å². The number of benzene rings is 1. The van der Waals surface area contributed by atoms with Crippen LogP contribution in [0.5, 0.6) is 0 Å². The Balaban J connectivity index is 0.000000424. The molecule has 0 saturated heterocycles. The van der Waals surface area contributed by atoms with Gasteiger partial charge in [-0.1, -0.05) is 0 Å². The first-order valence-electron chi connectivity index (χ1n) is 3.79. The van der Waals surface area contributed by atoms with Gasteiger partial charge in [-0.2, -0.15) is 0 Å². The molecule has 4 heteroatoms. The van der Waals surface area contributed by atoms with Crippen molar-refractivity contribution in [2.24, 2.45) is 0 Å². The lowest BCUT2D eigenvalue weighted by atomic mass is 10.2. The van der Waals surface area contributed by atoms with Crippen molar-refractivity contribution >= 4 is 11.7 Å². The number of carboxylic acid groups (broad SMARTS) is 1. The lowest BCUT2D eigenvalue weighted by molar-refractivity contribution is 0.0697. The van der Waals surface area contributed by atoms with Crippen LogP contribution < -0.4 is 11.1 Å². The Morgan fingerprint density at radius 3 is 2.00 bits per heavy atom. The molecule has 1 aromatic carbocycles. The molecule has 0 bridgehead atoms. The highest BCUT2D eigenvalue weighted by Crippen LogP contribution is 2.04. The Bertz CT molecular complexity index is 257. The fraction of sp³-hybridized carbons (Fsp3) is 0.222. The van der Waals surface area contributed by atoms with E-state index in [4.69, 9.17) is 10.8 Å². The summed E-state index contributed by atoms with van der Waals surface area (Å²) in [6.45, 7) is 0. The van der Waals surface area contributed by atoms with E-state index in [0.717, 1.165) is 0 Å². The first-order chi connectivity index (χ1) is 6.11. The van der Waals surface area contributed by atoms with Gasteiger partial charge in [0, 0.05) is 5.69 Å². The first kappa shape index (κ1) is 11.4. The van der Waals surface area contributed by atoms with E-state index >= 15 is 0 Å². The maximum atomic E-state index is 10.3. The third kappa shape index (κ3) is 4.81. The van der Waals surface area contributed by atoms with Gasteiger partial charge in [-0.15, -0.1) is 0 Å². The van der Waals surface area contributed by atoms with Crippen molar-refractivity contribution in [2.45, 2.75) is 0 Å². The van der Waals surface area contributed by atoms with Crippen LogP contribution >= 0.6 is 0 Å². The number of anilines is 1. The minimum absolute atomic E-state index is 0.259. The topological polar surface area (TPSA) is 75.3 Å². The van der Waals surface area contributed by atoms with Crippen LogP contribution in [0.25, 0.3) is 0 Å². The van der Waals surface area contributed by atoms with Crippen LogP contribution in [0, 0.1) is 0 Å². The number of nitrogens with one attached hydrogen (secondary N) is 1. The number of nitrogens with two attached hydrogens (primary N) is 1. The third-order valence-corrected chi connectivity index (χ3v) is 1.16. The Hall–Kier alpha value is -1.55. The van der Waals surface area contributed by atoms with Crippen molar-refractivity contribution in [3.05, 3.63) is 29.8 Å². The first-order valence-corrected chi connectivity index (χ1v) is 3.79. The lowest BCUT2D eigenvalue weighted by Gasteiger charge is -1.93. The molecule has 0 aromatic heterocycles. The number of hydrogen-bond acceptors (Lipinski definition) is 3. The van der Waals surface area contributed by atoms with Crippen molar-refractivity contribution < 1.29 is 9.90 Å². The molecule has 72 valence electrons. The van der Waals surface area contributed by atoms with Gasteiger partial charge in [0.2, 0.25) is 0 Å². The third-order valence-electron chi connectivity index (χ3n) is 1.16. The minimum Gasteiger partial charge on any atom is -0.478 e. The molecule has 0 fully saturated rings. The van der Waals surface area contributed by atoms with Crippen LogP contribution in [0.1, 0.15) is 10.4 Å². The van der Waals surface area contributed by atoms with Crippen molar-refractivity contribution in [1.82, 2.24) is 5.32 Å². The van der Waals surface area contributed by atoms with Crippen LogP contribution in [0.15, 0.2) is 24.3 Å². The van der Waals surface area contributed by atoms with Gasteiger partial charge in [0.1, 0.15) is 0 Å². The van der Waals surface area contributed by atoms with E-state index in [1.807, 2.05) is 14.1 Å². The highest BCUT2D eigenvalue weighted by Gasteiger charge is 1.98. The summed E-state index contributed by atoms with van der Waals surface area (Å²) in [5.41, 5.74) is 6.17. The van der Waals surface area contributed by atoms with E-state index in [1.165, 1.54) is 12.1 Å². The number of carboxylic acids is 1. The number of carbonyl (C=O) groups is 1. The van der Waals surface area contributed by atoms with Crippen LogP contribution in [-0.4, -0.2) is 25.2 Å². The number of aromatic carboxylic acids is 1. The van der Waals surface area contributed by atoms with Crippen molar-refractivity contribution in [2.75, 3.05) is 19.8 Å². The van der Waals surface area contributed by atoms with Gasteiger partial charge in [0.25, 0.3) is 0 Å². The van der Waals surface area contributed by atoms with Crippen LogP contribution in [-0.2, 0) is 0 Å². The van der Waals surface area contributed by atoms with Crippen molar-refractivity contribution in [1.29, 1.82) is 0 Å². The molecule has 13 heavy (non-hydrogen) atoms. The van der Waals surface area contributed by atoms with Crippen LogP contribution in [0.2, 0.25) is 0 Å². The largest absolute Gasteiger partial charge is 0.478 e. The fourth-order valence-electron chi connectivity index (χ4n) is 0.626. The molecular weight excluding hydrogens is 168 g/mol. The molecular formula is C9H14N2O2. The van der Waals surface area contributed by atoms with Crippen LogP contribution in [0.4, 0.5) is 5.69 Å². The van der Waals surface area contributed by atoms with Gasteiger partial charge in [-0.05, 0) is 38.4 Å². The van der Waals surface area contributed by atoms with Gasteiger partial charge in [0.05, 0.1) is 5.56 Å². The van der Waals surface area contributed by atoms with Crippen molar-refractivity contribution in [3.63, 3.8) is 0 Å². The molecule has 0 spiro atoms. The standard InChI is InChI=1S/C7H7NO2.C2H7N/c8-6-3-1-5(2-4-6)7(9)10;1-3-2/h1-4H,8H2,(H,9,10);3H,1-2H3. The molecule has 0 unspecified atom stereocenters. The Morgan fingerprint density at radius 1 is 1.31 bits per heavy atom. The summed E-state index contributed by atoms with van der Waals surface area (Å²) < 4.78 is 0. The molecule has 0 aliphatic heterocycles. The number of nitrogen functional groups attached to an aromatic ring is 1. The summed E-state index contributed by atoms with van der Waals surface area (Å²) >= 11 is 0. The summed E-state index contributed by atoms with van der Waals surface area (Å²) in [5, 5.41) is 11.2. The predicted molar refractivity (Wildman–Crippen MR) is 52.8 cm³/mol. The smallest absolute Gasteiger partial charge is 0.335 e. The fourth-order valence-corrected chi connectivity index (χ4v) is 0.626. The maximum Gasteiger partial charge on any atom is 0.335 e. The maximum absolute atomic E-state index is 10.3. The average Bonchev–Trinajstić information content (AvgIpc) is 2.06. The molecule has 0 atom stereocenters. The lowest BCUT2D eigenvalue weighted by Crippen LogP contribution is -1.95. The molecule has 0 heterocycles. The summed E-state index contributed by atoms with van der Waals surface area (Å²) in [5.74, 6) is -0.931. The van der Waals surface area contributed by atoms with Crippen LogP contribution in [0.3, 0.4) is 0 Å². The monoisotopic (exact) mass is 182 g/mol. The van der Waals surface area contributed by atoms with Gasteiger partial charge in [0.15, 0.2) is 0 Å². The van der Waals surface area contributed by atoms with E-state index in [-0.39, 0.29) is 5.56 Å². The molecule has 0 radical (unpaired) electrons. The molecule has 0 aliphatic rings. The van der Waals surface area contributed by atoms with Gasteiger partial charge in [-0.3, -0.25) is 0 Å². The highest BCUT2D eigenvalue weighted by molar-refractivity contribution is 5.87. The second kappa shape index (κ2) is 6.02. The Morgan fingerprint density at radius 2 is 1.69 bits per heavy atom. The second-order valence-electron chi connectivity index (χ2n) is 2.43. The summed E-state index contributed by atoms with van der Waals surface area (Å²) in [7, 11) is 3.75. The van der Waals surface area contributed by atoms with Gasteiger partial charge < -0.3 is 16.2 Å². The molecule has 1 rings (SSSR count). The molecule has 4 N–H and O–H groups in total. The molecule has 1 aromatic rings. The summed E-state index contributed by atoms with van der Waals surface area (Å²) in [6, 6.07) is 6.06. The molecule has 0 amide bonds. The molecule has 0 aliphatic carbocycles. The summed E-state index contributed by atoms with van der Waals surface area (Å²) in [6.07, 6.45) is 0. The van der Waals surface area contributed by atoms with E-state index in [9.17, 15) is 4.79 Å².